The van der Waals surface area contributed by atoms with E-state index in [1.54, 1.807) is 0 Å². The Bertz CT molecular complexity index is 456. The fourth-order valence-electron chi connectivity index (χ4n) is 2.65. The molecule has 1 aromatic rings. The molecule has 0 radical (unpaired) electrons. The van der Waals surface area contributed by atoms with Gasteiger partial charge < -0.3 is 19.7 Å². The summed E-state index contributed by atoms with van der Waals surface area (Å²) < 4.78 is 2.15. The lowest BCUT2D eigenvalue weighted by Gasteiger charge is -2.22. The third kappa shape index (κ3) is 9.52. The molecule has 0 aliphatic rings. The molecule has 5 nitrogen and oxygen atoms in total. The van der Waals surface area contributed by atoms with Gasteiger partial charge in [-0.25, -0.2) is 0 Å². The van der Waals surface area contributed by atoms with Crippen molar-refractivity contribution in [3.8, 4) is 0 Å². The second-order valence-corrected chi connectivity index (χ2v) is 6.51. The molecular formula is C18H36IN5. The summed E-state index contributed by atoms with van der Waals surface area (Å²) in [5.41, 5.74) is 1.29. The normalized spacial score (nSPS) is 11.5. The zero-order chi connectivity index (χ0) is 17.1. The minimum Gasteiger partial charge on any atom is -0.356 e. The van der Waals surface area contributed by atoms with Crippen LogP contribution in [0.1, 0.15) is 37.8 Å². The van der Waals surface area contributed by atoms with Crippen molar-refractivity contribution in [1.82, 2.24) is 19.7 Å². The standard InChI is InChI=1S/C18H35N5.HI/c1-19-18(23(5)16-17-12-11-15-22(17)4)20-13-9-7-6-8-10-14-21(2)3;/h11-12,15H,6-10,13-14,16H2,1-5H3,(H,19,20);1H. The maximum Gasteiger partial charge on any atom is 0.193 e. The van der Waals surface area contributed by atoms with Crippen molar-refractivity contribution in [3.05, 3.63) is 24.0 Å². The van der Waals surface area contributed by atoms with Crippen LogP contribution in [0, 0.1) is 0 Å². The summed E-state index contributed by atoms with van der Waals surface area (Å²) in [4.78, 5) is 8.81. The summed E-state index contributed by atoms with van der Waals surface area (Å²) >= 11 is 0. The largest absolute Gasteiger partial charge is 0.356 e. The summed E-state index contributed by atoms with van der Waals surface area (Å²) in [6.45, 7) is 3.07. The van der Waals surface area contributed by atoms with Gasteiger partial charge in [0.15, 0.2) is 5.96 Å². The average Bonchev–Trinajstić information content (AvgIpc) is 2.90. The molecule has 0 amide bonds. The van der Waals surface area contributed by atoms with Crippen LogP contribution in [0.4, 0.5) is 0 Å². The molecule has 0 aliphatic heterocycles. The van der Waals surface area contributed by atoms with Gasteiger partial charge in [-0.3, -0.25) is 4.99 Å². The number of nitrogens with one attached hydrogen (secondary N) is 1. The number of halogens is 1. The molecule has 24 heavy (non-hydrogen) atoms. The third-order valence-corrected chi connectivity index (χ3v) is 4.09. The number of guanidine groups is 1. The van der Waals surface area contributed by atoms with Gasteiger partial charge in [0.2, 0.25) is 0 Å². The van der Waals surface area contributed by atoms with Gasteiger partial charge in [-0.15, -0.1) is 24.0 Å². The van der Waals surface area contributed by atoms with E-state index in [2.05, 4.69) is 71.2 Å². The van der Waals surface area contributed by atoms with Gasteiger partial charge in [-0.1, -0.05) is 19.3 Å². The molecule has 0 spiro atoms. The molecule has 0 unspecified atom stereocenters. The Morgan fingerprint density at radius 2 is 1.79 bits per heavy atom. The van der Waals surface area contributed by atoms with Gasteiger partial charge in [0, 0.05) is 39.6 Å². The Morgan fingerprint density at radius 3 is 2.38 bits per heavy atom. The van der Waals surface area contributed by atoms with Crippen LogP contribution in [0.3, 0.4) is 0 Å². The molecule has 0 saturated heterocycles. The molecule has 0 fully saturated rings. The molecule has 1 N–H and O–H groups in total. The fraction of sp³-hybridized carbons (Fsp3) is 0.722. The quantitative estimate of drug-likeness (QED) is 0.258. The van der Waals surface area contributed by atoms with Crippen molar-refractivity contribution in [2.24, 2.45) is 12.0 Å². The first-order valence-electron chi connectivity index (χ1n) is 8.71. The van der Waals surface area contributed by atoms with Crippen molar-refractivity contribution in [2.45, 2.75) is 38.6 Å². The molecular weight excluding hydrogens is 413 g/mol. The van der Waals surface area contributed by atoms with E-state index in [0.717, 1.165) is 19.0 Å². The van der Waals surface area contributed by atoms with Crippen LogP contribution in [0.5, 0.6) is 0 Å². The highest BCUT2D eigenvalue weighted by Crippen LogP contribution is 2.05. The lowest BCUT2D eigenvalue weighted by molar-refractivity contribution is 0.389. The van der Waals surface area contributed by atoms with Crippen LogP contribution in [0.25, 0.3) is 0 Å². The van der Waals surface area contributed by atoms with Crippen LogP contribution >= 0.6 is 24.0 Å². The van der Waals surface area contributed by atoms with E-state index in [1.807, 2.05) is 7.05 Å². The van der Waals surface area contributed by atoms with Crippen LogP contribution in [0.15, 0.2) is 23.3 Å². The Hall–Kier alpha value is -0.760. The second kappa shape index (κ2) is 13.5. The summed E-state index contributed by atoms with van der Waals surface area (Å²) in [5.74, 6) is 0.971. The zero-order valence-corrected chi connectivity index (χ0v) is 18.4. The summed E-state index contributed by atoms with van der Waals surface area (Å²) in [7, 11) is 10.3. The number of rotatable bonds is 10. The van der Waals surface area contributed by atoms with Crippen LogP contribution in [-0.2, 0) is 13.6 Å². The molecule has 0 bridgehead atoms. The number of nitrogens with zero attached hydrogens (tertiary/aromatic N) is 4. The van der Waals surface area contributed by atoms with E-state index in [0.29, 0.717) is 0 Å². The first-order valence-corrected chi connectivity index (χ1v) is 8.71. The highest BCUT2D eigenvalue weighted by molar-refractivity contribution is 14.0. The first-order chi connectivity index (χ1) is 11.0. The number of hydrogen-bond acceptors (Lipinski definition) is 2. The summed E-state index contributed by atoms with van der Waals surface area (Å²) in [5, 5.41) is 3.47. The lowest BCUT2D eigenvalue weighted by atomic mass is 10.1. The topological polar surface area (TPSA) is 35.8 Å². The van der Waals surface area contributed by atoms with E-state index >= 15 is 0 Å². The molecule has 1 rings (SSSR count). The minimum atomic E-state index is 0. The molecule has 0 aromatic carbocycles. The van der Waals surface area contributed by atoms with E-state index in [4.69, 9.17) is 0 Å². The monoisotopic (exact) mass is 449 g/mol. The predicted molar refractivity (Wildman–Crippen MR) is 115 cm³/mol. The second-order valence-electron chi connectivity index (χ2n) is 6.51. The van der Waals surface area contributed by atoms with E-state index < -0.39 is 0 Å². The van der Waals surface area contributed by atoms with Gasteiger partial charge >= 0.3 is 0 Å². The van der Waals surface area contributed by atoms with Crippen molar-refractivity contribution in [3.63, 3.8) is 0 Å². The zero-order valence-electron chi connectivity index (χ0n) is 16.1. The number of aryl methyl sites for hydroxylation is 1. The number of hydrogen-bond donors (Lipinski definition) is 1. The van der Waals surface area contributed by atoms with Crippen molar-refractivity contribution >= 4 is 29.9 Å². The van der Waals surface area contributed by atoms with Crippen LogP contribution < -0.4 is 5.32 Å². The maximum absolute atomic E-state index is 4.38. The molecule has 1 heterocycles. The molecule has 0 aliphatic carbocycles. The van der Waals surface area contributed by atoms with Gasteiger partial charge in [0.1, 0.15) is 0 Å². The van der Waals surface area contributed by atoms with Crippen LogP contribution in [-0.4, -0.2) is 61.6 Å². The number of aromatic nitrogens is 1. The smallest absolute Gasteiger partial charge is 0.193 e. The van der Waals surface area contributed by atoms with E-state index in [9.17, 15) is 0 Å². The van der Waals surface area contributed by atoms with Crippen molar-refractivity contribution in [1.29, 1.82) is 0 Å². The first kappa shape index (κ1) is 23.2. The van der Waals surface area contributed by atoms with Crippen molar-refractivity contribution < 1.29 is 0 Å². The maximum atomic E-state index is 4.38. The van der Waals surface area contributed by atoms with Gasteiger partial charge in [-0.05, 0) is 45.6 Å². The Labute approximate surface area is 165 Å². The van der Waals surface area contributed by atoms with Gasteiger partial charge in [0.25, 0.3) is 0 Å². The minimum absolute atomic E-state index is 0. The number of unbranched alkanes of at least 4 members (excludes halogenated alkanes) is 4. The average molecular weight is 449 g/mol. The molecule has 1 aromatic heterocycles. The Morgan fingerprint density at radius 1 is 1.12 bits per heavy atom. The Balaban J connectivity index is 0.00000529. The third-order valence-electron chi connectivity index (χ3n) is 4.09. The highest BCUT2D eigenvalue weighted by atomic mass is 127. The predicted octanol–water partition coefficient (Wildman–Crippen LogP) is 3.16. The molecule has 6 heteroatoms. The summed E-state index contributed by atoms with van der Waals surface area (Å²) in [6, 6.07) is 4.23. The van der Waals surface area contributed by atoms with Crippen LogP contribution in [0.2, 0.25) is 0 Å². The molecule has 0 saturated carbocycles. The van der Waals surface area contributed by atoms with E-state index in [-0.39, 0.29) is 24.0 Å². The van der Waals surface area contributed by atoms with Crippen molar-refractivity contribution in [2.75, 3.05) is 41.3 Å². The summed E-state index contributed by atoms with van der Waals surface area (Å²) in [6.07, 6.45) is 8.54. The molecule has 140 valence electrons. The van der Waals surface area contributed by atoms with Gasteiger partial charge in [0.05, 0.1) is 6.54 Å². The number of aliphatic imine (C=N–C) groups is 1. The van der Waals surface area contributed by atoms with E-state index in [1.165, 1.54) is 44.3 Å². The van der Waals surface area contributed by atoms with Gasteiger partial charge in [-0.2, -0.15) is 0 Å². The SMILES string of the molecule is CN=C(NCCCCCCCN(C)C)N(C)Cc1cccn1C.I. The molecule has 0 atom stereocenters. The lowest BCUT2D eigenvalue weighted by Crippen LogP contribution is -2.39. The Kier molecular flexibility index (Phi) is 13.1. The fourth-order valence-corrected chi connectivity index (χ4v) is 2.65. The highest BCUT2D eigenvalue weighted by Gasteiger charge is 2.07.